The van der Waals surface area contributed by atoms with Gasteiger partial charge in [-0.2, -0.15) is 0 Å². The standard InChI is InChI=1S/C20H16N2O2.Co/c23-19-11-5-1-7-15(19)13-21-17-9-3-4-10-18(17)22-14-16-8-2-6-12-20(16)24;/h1-14,21-22H;. The zero-order valence-corrected chi connectivity index (χ0v) is 14.3. The number of rotatable bonds is 4. The van der Waals surface area contributed by atoms with Gasteiger partial charge in [0.05, 0.1) is 11.4 Å². The molecular formula is C20H16CoN2O2. The Balaban J connectivity index is 0.00000225. The summed E-state index contributed by atoms with van der Waals surface area (Å²) in [6, 6.07) is 7.57. The van der Waals surface area contributed by atoms with Crippen LogP contribution in [0.1, 0.15) is 0 Å². The van der Waals surface area contributed by atoms with E-state index in [1.165, 1.54) is 12.2 Å². The minimum atomic E-state index is -0.0396. The third-order valence-corrected chi connectivity index (χ3v) is 3.53. The number of carbonyl (C=O) groups is 2. The fraction of sp³-hybridized carbons (Fsp3) is 0. The average Bonchev–Trinajstić information content (AvgIpc) is 2.61. The molecule has 0 bridgehead atoms. The number of hydrogen-bond acceptors (Lipinski definition) is 4. The number of para-hydroxylation sites is 2. The van der Waals surface area contributed by atoms with Crippen molar-refractivity contribution in [3.63, 3.8) is 0 Å². The molecule has 0 saturated heterocycles. The van der Waals surface area contributed by atoms with Crippen molar-refractivity contribution < 1.29 is 26.4 Å². The first kappa shape index (κ1) is 18.4. The van der Waals surface area contributed by atoms with Gasteiger partial charge < -0.3 is 10.6 Å². The monoisotopic (exact) mass is 375 g/mol. The number of benzene rings is 1. The van der Waals surface area contributed by atoms with Crippen molar-refractivity contribution in [2.75, 3.05) is 10.6 Å². The first-order valence-corrected chi connectivity index (χ1v) is 7.54. The molecule has 1 aromatic rings. The van der Waals surface area contributed by atoms with Crippen LogP contribution in [0.15, 0.2) is 96.4 Å². The maximum atomic E-state index is 11.7. The van der Waals surface area contributed by atoms with Crippen LogP contribution in [-0.2, 0) is 26.4 Å². The number of nitrogens with one attached hydrogen (secondary N) is 2. The average molecular weight is 375 g/mol. The minimum Gasteiger partial charge on any atom is -0.359 e. The summed E-state index contributed by atoms with van der Waals surface area (Å²) >= 11 is 0. The van der Waals surface area contributed by atoms with Gasteiger partial charge in [-0.3, -0.25) is 9.59 Å². The van der Waals surface area contributed by atoms with Crippen LogP contribution >= 0.6 is 0 Å². The topological polar surface area (TPSA) is 58.2 Å². The van der Waals surface area contributed by atoms with Crippen LogP contribution in [0.2, 0.25) is 0 Å². The van der Waals surface area contributed by atoms with Crippen LogP contribution in [0.4, 0.5) is 11.4 Å². The van der Waals surface area contributed by atoms with E-state index < -0.39 is 0 Å². The summed E-state index contributed by atoms with van der Waals surface area (Å²) in [6.45, 7) is 0. The van der Waals surface area contributed by atoms with Crippen molar-refractivity contribution in [2.45, 2.75) is 0 Å². The molecule has 0 heterocycles. The SMILES string of the molecule is O=C1C=CC=CC1=CNc1ccccc1NC=C1C=CC=CC1=O.[Co]. The quantitative estimate of drug-likeness (QED) is 0.789. The van der Waals surface area contributed by atoms with Gasteiger partial charge in [-0.25, -0.2) is 0 Å². The Morgan fingerprint density at radius 2 is 1.04 bits per heavy atom. The summed E-state index contributed by atoms with van der Waals surface area (Å²) in [5.74, 6) is -0.0791. The van der Waals surface area contributed by atoms with E-state index in [0.29, 0.717) is 11.1 Å². The van der Waals surface area contributed by atoms with E-state index in [1.54, 1.807) is 36.7 Å². The molecule has 0 aromatic heterocycles. The van der Waals surface area contributed by atoms with Gasteiger partial charge in [0.1, 0.15) is 0 Å². The van der Waals surface area contributed by atoms with E-state index in [9.17, 15) is 9.59 Å². The van der Waals surface area contributed by atoms with Crippen LogP contribution in [0, 0.1) is 0 Å². The molecule has 0 fully saturated rings. The number of allylic oxidation sites excluding steroid dienone is 10. The molecule has 3 rings (SSSR count). The summed E-state index contributed by atoms with van der Waals surface area (Å²) in [4.78, 5) is 23.5. The normalized spacial score (nSPS) is 18.6. The number of ketones is 2. The summed E-state index contributed by atoms with van der Waals surface area (Å²) in [5.41, 5.74) is 2.78. The molecule has 2 N–H and O–H groups in total. The molecule has 0 unspecified atom stereocenters. The molecule has 2 aliphatic carbocycles. The fourth-order valence-electron chi connectivity index (χ4n) is 2.25. The van der Waals surface area contributed by atoms with Gasteiger partial charge in [0.2, 0.25) is 0 Å². The predicted octanol–water partition coefficient (Wildman–Crippen LogP) is 3.67. The second kappa shape index (κ2) is 8.82. The molecule has 127 valence electrons. The first-order chi connectivity index (χ1) is 11.7. The second-order valence-electron chi connectivity index (χ2n) is 5.20. The van der Waals surface area contributed by atoms with Crippen LogP contribution < -0.4 is 10.6 Å². The zero-order valence-electron chi connectivity index (χ0n) is 13.2. The Kier molecular flexibility index (Phi) is 6.51. The van der Waals surface area contributed by atoms with E-state index >= 15 is 0 Å². The molecule has 0 saturated carbocycles. The van der Waals surface area contributed by atoms with Gasteiger partial charge >= 0.3 is 0 Å². The van der Waals surface area contributed by atoms with Gasteiger partial charge in [-0.05, 0) is 36.4 Å². The predicted molar refractivity (Wildman–Crippen MR) is 96.4 cm³/mol. The molecule has 2 aliphatic rings. The van der Waals surface area contributed by atoms with Gasteiger partial charge in [0.25, 0.3) is 0 Å². The van der Waals surface area contributed by atoms with Crippen molar-refractivity contribution >= 4 is 22.9 Å². The molecule has 0 amide bonds. The molecule has 4 nitrogen and oxygen atoms in total. The summed E-state index contributed by atoms with van der Waals surface area (Å²) in [7, 11) is 0. The van der Waals surface area contributed by atoms with E-state index in [2.05, 4.69) is 10.6 Å². The number of carbonyl (C=O) groups excluding carboxylic acids is 2. The maximum Gasteiger partial charge on any atom is 0.187 e. The molecule has 0 aliphatic heterocycles. The molecule has 25 heavy (non-hydrogen) atoms. The molecule has 0 atom stereocenters. The van der Waals surface area contributed by atoms with Crippen LogP contribution in [0.25, 0.3) is 0 Å². The Hall–Kier alpha value is -2.89. The maximum absolute atomic E-state index is 11.7. The van der Waals surface area contributed by atoms with Crippen LogP contribution in [0.5, 0.6) is 0 Å². The van der Waals surface area contributed by atoms with Crippen molar-refractivity contribution in [2.24, 2.45) is 0 Å². The first-order valence-electron chi connectivity index (χ1n) is 7.54. The molecular weight excluding hydrogens is 359 g/mol. The summed E-state index contributed by atoms with van der Waals surface area (Å²) in [5, 5.41) is 6.27. The van der Waals surface area contributed by atoms with E-state index in [4.69, 9.17) is 0 Å². The third kappa shape index (κ3) is 4.79. The largest absolute Gasteiger partial charge is 0.359 e. The van der Waals surface area contributed by atoms with E-state index in [-0.39, 0.29) is 28.3 Å². The Labute approximate surface area is 156 Å². The van der Waals surface area contributed by atoms with E-state index in [0.717, 1.165) is 11.4 Å². The van der Waals surface area contributed by atoms with Gasteiger partial charge in [-0.1, -0.05) is 36.4 Å². The van der Waals surface area contributed by atoms with Crippen molar-refractivity contribution in [3.8, 4) is 0 Å². The van der Waals surface area contributed by atoms with Crippen molar-refractivity contribution in [1.29, 1.82) is 0 Å². The van der Waals surface area contributed by atoms with Crippen molar-refractivity contribution in [3.05, 3.63) is 96.4 Å². The molecule has 1 aromatic carbocycles. The minimum absolute atomic E-state index is 0. The van der Waals surface area contributed by atoms with Crippen LogP contribution in [-0.4, -0.2) is 11.6 Å². The second-order valence-corrected chi connectivity index (χ2v) is 5.20. The van der Waals surface area contributed by atoms with Gasteiger partial charge in [0, 0.05) is 40.3 Å². The van der Waals surface area contributed by atoms with Gasteiger partial charge in [-0.15, -0.1) is 0 Å². The smallest absolute Gasteiger partial charge is 0.187 e. The fourth-order valence-corrected chi connectivity index (χ4v) is 2.25. The summed E-state index contributed by atoms with van der Waals surface area (Å²) in [6.07, 6.45) is 17.0. The van der Waals surface area contributed by atoms with Gasteiger partial charge in [0.15, 0.2) is 11.6 Å². The summed E-state index contributed by atoms with van der Waals surface area (Å²) < 4.78 is 0. The Morgan fingerprint density at radius 3 is 1.44 bits per heavy atom. The molecule has 1 radical (unpaired) electrons. The zero-order chi connectivity index (χ0) is 16.8. The molecule has 0 spiro atoms. The molecule has 5 heteroatoms. The van der Waals surface area contributed by atoms with Crippen LogP contribution in [0.3, 0.4) is 0 Å². The Morgan fingerprint density at radius 1 is 0.640 bits per heavy atom. The number of hydrogen-bond donors (Lipinski definition) is 2. The van der Waals surface area contributed by atoms with Crippen molar-refractivity contribution in [1.82, 2.24) is 0 Å². The third-order valence-electron chi connectivity index (χ3n) is 3.53. The number of anilines is 2. The van der Waals surface area contributed by atoms with E-state index in [1.807, 2.05) is 36.4 Å². The Bertz CT molecular complexity index is 787.